The monoisotopic (exact) mass is 405 g/mol. The number of rotatable bonds is 12. The first-order valence-corrected chi connectivity index (χ1v) is 12.2. The molecular weight excluding hydrogens is 358 g/mol. The largest absolute Gasteiger partial charge is 0.392 e. The quantitative estimate of drug-likeness (QED) is 0.322. The van der Waals surface area contributed by atoms with Gasteiger partial charge in [0, 0.05) is 11.5 Å². The summed E-state index contributed by atoms with van der Waals surface area (Å²) in [5, 5.41) is 20.7. The van der Waals surface area contributed by atoms with Gasteiger partial charge in [-0.3, -0.25) is 0 Å². The van der Waals surface area contributed by atoms with E-state index in [1.54, 1.807) is 5.57 Å². The summed E-state index contributed by atoms with van der Waals surface area (Å²) in [5.41, 5.74) is 1.87. The average molecular weight is 406 g/mol. The number of hydrogen-bond acceptors (Lipinski definition) is 3. The maximum atomic E-state index is 10.5. The van der Waals surface area contributed by atoms with Crippen LogP contribution in [0.5, 0.6) is 0 Å². The molecule has 0 radical (unpaired) electrons. The van der Waals surface area contributed by atoms with Gasteiger partial charge in [0.05, 0.1) is 12.2 Å². The van der Waals surface area contributed by atoms with Crippen molar-refractivity contribution in [1.29, 1.82) is 0 Å². The van der Waals surface area contributed by atoms with E-state index in [-0.39, 0.29) is 23.7 Å². The van der Waals surface area contributed by atoms with Gasteiger partial charge < -0.3 is 15.1 Å². The predicted molar refractivity (Wildman–Crippen MR) is 124 cm³/mol. The highest BCUT2D eigenvalue weighted by atomic mass is 16.3. The SMILES string of the molecule is CCCCC[C@H](O)/C=C/[C@@H]1[C@H]2CC(CCCCCN(C)C(C)(C)C)=C[C@H]2C[C@H]1O. The van der Waals surface area contributed by atoms with Gasteiger partial charge in [0.15, 0.2) is 0 Å². The lowest BCUT2D eigenvalue weighted by molar-refractivity contribution is 0.139. The van der Waals surface area contributed by atoms with E-state index in [4.69, 9.17) is 0 Å². The van der Waals surface area contributed by atoms with Crippen molar-refractivity contribution in [1.82, 2.24) is 4.90 Å². The highest BCUT2D eigenvalue weighted by Crippen LogP contribution is 2.48. The Hall–Kier alpha value is -0.640. The Morgan fingerprint density at radius 3 is 2.62 bits per heavy atom. The fraction of sp³-hybridized carbons (Fsp3) is 0.846. The molecule has 0 heterocycles. The molecular formula is C26H47NO2. The van der Waals surface area contributed by atoms with E-state index in [0.717, 1.165) is 25.7 Å². The van der Waals surface area contributed by atoms with E-state index in [1.165, 1.54) is 45.1 Å². The molecule has 3 nitrogen and oxygen atoms in total. The Morgan fingerprint density at radius 1 is 1.17 bits per heavy atom. The molecule has 2 N–H and O–H groups in total. The molecule has 3 heteroatoms. The molecule has 0 spiro atoms. The molecule has 0 aromatic carbocycles. The molecule has 0 saturated heterocycles. The van der Waals surface area contributed by atoms with Gasteiger partial charge in [-0.25, -0.2) is 0 Å². The van der Waals surface area contributed by atoms with Crippen LogP contribution in [0.1, 0.15) is 91.9 Å². The first kappa shape index (κ1) is 24.6. The van der Waals surface area contributed by atoms with E-state index in [2.05, 4.69) is 51.8 Å². The lowest BCUT2D eigenvalue weighted by Crippen LogP contribution is -2.38. The van der Waals surface area contributed by atoms with E-state index < -0.39 is 0 Å². The summed E-state index contributed by atoms with van der Waals surface area (Å²) in [5.74, 6) is 1.31. The average Bonchev–Trinajstić information content (AvgIpc) is 3.15. The van der Waals surface area contributed by atoms with Gasteiger partial charge in [0.1, 0.15) is 0 Å². The molecule has 2 rings (SSSR count). The number of fused-ring (bicyclic) bond motifs is 1. The van der Waals surface area contributed by atoms with Crippen LogP contribution in [0, 0.1) is 17.8 Å². The fourth-order valence-corrected chi connectivity index (χ4v) is 4.96. The van der Waals surface area contributed by atoms with Crippen LogP contribution in [-0.2, 0) is 0 Å². The molecule has 0 aromatic rings. The van der Waals surface area contributed by atoms with Crippen molar-refractivity contribution in [3.8, 4) is 0 Å². The van der Waals surface area contributed by atoms with Crippen LogP contribution in [-0.4, -0.2) is 46.5 Å². The molecule has 5 atom stereocenters. The third kappa shape index (κ3) is 7.84. The van der Waals surface area contributed by atoms with Crippen molar-refractivity contribution in [3.63, 3.8) is 0 Å². The molecule has 0 aromatic heterocycles. The summed E-state index contributed by atoms with van der Waals surface area (Å²) in [6.45, 7) is 10.2. The van der Waals surface area contributed by atoms with E-state index in [9.17, 15) is 10.2 Å². The lowest BCUT2D eigenvalue weighted by atomic mass is 9.88. The predicted octanol–water partition coefficient (Wildman–Crippen LogP) is 5.72. The molecule has 0 amide bonds. The molecule has 168 valence electrons. The zero-order valence-corrected chi connectivity index (χ0v) is 19.7. The third-order valence-electron chi connectivity index (χ3n) is 7.25. The van der Waals surface area contributed by atoms with Crippen LogP contribution in [0.2, 0.25) is 0 Å². The molecule has 1 fully saturated rings. The van der Waals surface area contributed by atoms with Crippen LogP contribution in [0.15, 0.2) is 23.8 Å². The van der Waals surface area contributed by atoms with Crippen LogP contribution in [0.4, 0.5) is 0 Å². The van der Waals surface area contributed by atoms with Crippen molar-refractivity contribution in [2.45, 2.75) is 110 Å². The number of aliphatic hydroxyl groups excluding tert-OH is 2. The van der Waals surface area contributed by atoms with E-state index in [0.29, 0.717) is 11.8 Å². The van der Waals surface area contributed by atoms with Gasteiger partial charge in [-0.1, -0.05) is 56.4 Å². The van der Waals surface area contributed by atoms with Crippen molar-refractivity contribution in [2.75, 3.05) is 13.6 Å². The van der Waals surface area contributed by atoms with Crippen LogP contribution in [0.25, 0.3) is 0 Å². The second kappa shape index (κ2) is 11.7. The van der Waals surface area contributed by atoms with E-state index in [1.807, 2.05) is 6.08 Å². The summed E-state index contributed by atoms with van der Waals surface area (Å²) in [7, 11) is 2.22. The topological polar surface area (TPSA) is 43.7 Å². The Kier molecular flexibility index (Phi) is 9.91. The summed E-state index contributed by atoms with van der Waals surface area (Å²) in [6.07, 6.45) is 17.4. The lowest BCUT2D eigenvalue weighted by Gasteiger charge is -2.31. The minimum atomic E-state index is -0.354. The summed E-state index contributed by atoms with van der Waals surface area (Å²) < 4.78 is 0. The molecule has 2 aliphatic carbocycles. The van der Waals surface area contributed by atoms with Gasteiger partial charge in [-0.05, 0) is 84.7 Å². The van der Waals surface area contributed by atoms with Crippen molar-refractivity contribution in [3.05, 3.63) is 23.8 Å². The van der Waals surface area contributed by atoms with Gasteiger partial charge >= 0.3 is 0 Å². The molecule has 29 heavy (non-hydrogen) atoms. The highest BCUT2D eigenvalue weighted by molar-refractivity contribution is 5.21. The smallest absolute Gasteiger partial charge is 0.0721 e. The maximum absolute atomic E-state index is 10.5. The number of nitrogens with zero attached hydrogens (tertiary/aromatic N) is 1. The zero-order valence-electron chi connectivity index (χ0n) is 19.7. The number of aliphatic hydroxyl groups is 2. The van der Waals surface area contributed by atoms with Crippen molar-refractivity contribution < 1.29 is 10.2 Å². The minimum absolute atomic E-state index is 0.218. The minimum Gasteiger partial charge on any atom is -0.392 e. The Bertz CT molecular complexity index is 533. The zero-order chi connectivity index (χ0) is 21.4. The van der Waals surface area contributed by atoms with E-state index >= 15 is 0 Å². The standard InChI is InChI=1S/C26H47NO2/c1-6-7-9-13-22(28)14-15-23-24-18-20(17-21(24)19-25(23)29)12-10-8-11-16-27(5)26(2,3)4/h14-15,17,21-25,28-29H,6-13,16,18-19H2,1-5H3/b15-14+/t21-,22-,23+,24-,25+/m0/s1. The van der Waals surface area contributed by atoms with Crippen LogP contribution < -0.4 is 0 Å². The van der Waals surface area contributed by atoms with Crippen LogP contribution >= 0.6 is 0 Å². The fourth-order valence-electron chi connectivity index (χ4n) is 4.96. The Labute approximate surface area is 180 Å². The number of hydrogen-bond donors (Lipinski definition) is 2. The Balaban J connectivity index is 1.71. The van der Waals surface area contributed by atoms with Crippen molar-refractivity contribution in [2.24, 2.45) is 17.8 Å². The van der Waals surface area contributed by atoms with Gasteiger partial charge in [-0.2, -0.15) is 0 Å². The Morgan fingerprint density at radius 2 is 1.93 bits per heavy atom. The molecule has 0 unspecified atom stereocenters. The summed E-state index contributed by atoms with van der Waals surface area (Å²) in [6, 6.07) is 0. The van der Waals surface area contributed by atoms with Gasteiger partial charge in [0.2, 0.25) is 0 Å². The van der Waals surface area contributed by atoms with Crippen molar-refractivity contribution >= 4 is 0 Å². The first-order chi connectivity index (χ1) is 13.7. The number of unbranched alkanes of at least 4 members (excludes halogenated alkanes) is 4. The number of allylic oxidation sites excluding steroid dienone is 2. The summed E-state index contributed by atoms with van der Waals surface area (Å²) in [4.78, 5) is 2.45. The summed E-state index contributed by atoms with van der Waals surface area (Å²) >= 11 is 0. The molecule has 0 bridgehead atoms. The van der Waals surface area contributed by atoms with Crippen LogP contribution in [0.3, 0.4) is 0 Å². The molecule has 2 aliphatic rings. The highest BCUT2D eigenvalue weighted by Gasteiger charge is 2.43. The second-order valence-electron chi connectivity index (χ2n) is 10.6. The first-order valence-electron chi connectivity index (χ1n) is 12.2. The second-order valence-corrected chi connectivity index (χ2v) is 10.6. The van der Waals surface area contributed by atoms with Gasteiger partial charge in [-0.15, -0.1) is 0 Å². The maximum Gasteiger partial charge on any atom is 0.0721 e. The normalized spacial score (nSPS) is 28.3. The molecule has 1 saturated carbocycles. The molecule has 0 aliphatic heterocycles. The third-order valence-corrected chi connectivity index (χ3v) is 7.25. The van der Waals surface area contributed by atoms with Gasteiger partial charge in [0.25, 0.3) is 0 Å².